The van der Waals surface area contributed by atoms with E-state index in [4.69, 9.17) is 22.1 Å². The minimum atomic E-state index is -0.440. The first-order chi connectivity index (χ1) is 8.58. The van der Waals surface area contributed by atoms with Crippen molar-refractivity contribution in [2.75, 3.05) is 0 Å². The Bertz CT molecular complexity index is 557. The summed E-state index contributed by atoms with van der Waals surface area (Å²) in [6.07, 6.45) is 0. The highest BCUT2D eigenvalue weighted by Gasteiger charge is 2.13. The van der Waals surface area contributed by atoms with Crippen LogP contribution in [0.4, 0.5) is 4.39 Å². The van der Waals surface area contributed by atoms with Gasteiger partial charge in [0.1, 0.15) is 5.75 Å². The van der Waals surface area contributed by atoms with Crippen LogP contribution in [0.15, 0.2) is 42.5 Å². The number of hydrogen-bond donors (Lipinski definition) is 1. The molecule has 0 saturated carbocycles. The van der Waals surface area contributed by atoms with Crippen LogP contribution in [0.5, 0.6) is 11.5 Å². The van der Waals surface area contributed by atoms with Crippen molar-refractivity contribution in [2.45, 2.75) is 13.0 Å². The molecule has 0 amide bonds. The summed E-state index contributed by atoms with van der Waals surface area (Å²) in [6.45, 7) is 1.78. The van der Waals surface area contributed by atoms with Crippen LogP contribution < -0.4 is 10.5 Å². The number of benzene rings is 2. The van der Waals surface area contributed by atoms with Crippen LogP contribution in [0.25, 0.3) is 0 Å². The van der Waals surface area contributed by atoms with Crippen LogP contribution in [-0.4, -0.2) is 0 Å². The van der Waals surface area contributed by atoms with Crippen molar-refractivity contribution in [3.05, 3.63) is 58.9 Å². The maximum Gasteiger partial charge on any atom is 0.167 e. The standard InChI is InChI=1S/C14H13ClFNO/c1-9(17)12-6-3-7-13(16)14(12)18-11-5-2-4-10(15)8-11/h2-9H,17H2,1H3/t9-/m1/s1. The van der Waals surface area contributed by atoms with Crippen molar-refractivity contribution in [3.8, 4) is 11.5 Å². The van der Waals surface area contributed by atoms with Crippen LogP contribution in [-0.2, 0) is 0 Å². The van der Waals surface area contributed by atoms with Crippen LogP contribution in [0.1, 0.15) is 18.5 Å². The number of rotatable bonds is 3. The van der Waals surface area contributed by atoms with Gasteiger partial charge in [0, 0.05) is 16.6 Å². The van der Waals surface area contributed by atoms with Crippen molar-refractivity contribution < 1.29 is 9.13 Å². The highest BCUT2D eigenvalue weighted by atomic mass is 35.5. The zero-order valence-corrected chi connectivity index (χ0v) is 10.6. The normalized spacial score (nSPS) is 12.2. The third-order valence-electron chi connectivity index (χ3n) is 2.50. The monoisotopic (exact) mass is 265 g/mol. The molecule has 2 aromatic carbocycles. The van der Waals surface area contributed by atoms with E-state index in [9.17, 15) is 4.39 Å². The summed E-state index contributed by atoms with van der Waals surface area (Å²) in [5, 5.41) is 0.534. The molecule has 0 spiro atoms. The van der Waals surface area contributed by atoms with E-state index >= 15 is 0 Å². The predicted molar refractivity (Wildman–Crippen MR) is 70.5 cm³/mol. The van der Waals surface area contributed by atoms with Crippen LogP contribution in [0, 0.1) is 5.82 Å². The van der Waals surface area contributed by atoms with Crippen LogP contribution in [0.3, 0.4) is 0 Å². The van der Waals surface area contributed by atoms with Gasteiger partial charge in [0.25, 0.3) is 0 Å². The van der Waals surface area contributed by atoms with Gasteiger partial charge < -0.3 is 10.5 Å². The first-order valence-electron chi connectivity index (χ1n) is 5.55. The van der Waals surface area contributed by atoms with E-state index in [-0.39, 0.29) is 11.8 Å². The summed E-state index contributed by atoms with van der Waals surface area (Å²) in [4.78, 5) is 0. The van der Waals surface area contributed by atoms with Crippen LogP contribution in [0.2, 0.25) is 5.02 Å². The lowest BCUT2D eigenvalue weighted by Crippen LogP contribution is -2.07. The Morgan fingerprint density at radius 2 is 1.94 bits per heavy atom. The lowest BCUT2D eigenvalue weighted by atomic mass is 10.1. The van der Waals surface area contributed by atoms with E-state index in [1.807, 2.05) is 0 Å². The van der Waals surface area contributed by atoms with Gasteiger partial charge in [-0.25, -0.2) is 4.39 Å². The van der Waals surface area contributed by atoms with Gasteiger partial charge in [-0.15, -0.1) is 0 Å². The maximum atomic E-state index is 13.8. The molecule has 0 radical (unpaired) electrons. The Morgan fingerprint density at radius 3 is 2.61 bits per heavy atom. The molecule has 0 aliphatic carbocycles. The molecular weight excluding hydrogens is 253 g/mol. The van der Waals surface area contributed by atoms with Gasteiger partial charge in [0.15, 0.2) is 11.6 Å². The van der Waals surface area contributed by atoms with Gasteiger partial charge in [-0.2, -0.15) is 0 Å². The third-order valence-corrected chi connectivity index (χ3v) is 2.74. The van der Waals surface area contributed by atoms with Crippen LogP contribution >= 0.6 is 11.6 Å². The summed E-state index contributed by atoms with van der Waals surface area (Å²) < 4.78 is 19.3. The maximum absolute atomic E-state index is 13.8. The van der Waals surface area contributed by atoms with Crippen molar-refractivity contribution >= 4 is 11.6 Å². The van der Waals surface area contributed by atoms with Crippen molar-refractivity contribution in [1.82, 2.24) is 0 Å². The lowest BCUT2D eigenvalue weighted by molar-refractivity contribution is 0.432. The van der Waals surface area contributed by atoms with E-state index in [1.165, 1.54) is 6.07 Å². The molecule has 0 bridgehead atoms. The fraction of sp³-hybridized carbons (Fsp3) is 0.143. The van der Waals surface area contributed by atoms with Crippen molar-refractivity contribution in [2.24, 2.45) is 5.73 Å². The quantitative estimate of drug-likeness (QED) is 0.898. The van der Waals surface area contributed by atoms with E-state index in [1.54, 1.807) is 43.3 Å². The fourth-order valence-corrected chi connectivity index (χ4v) is 1.82. The van der Waals surface area contributed by atoms with Gasteiger partial charge >= 0.3 is 0 Å². The van der Waals surface area contributed by atoms with Gasteiger partial charge in [-0.05, 0) is 31.2 Å². The van der Waals surface area contributed by atoms with Crippen molar-refractivity contribution in [1.29, 1.82) is 0 Å². The Morgan fingerprint density at radius 1 is 1.22 bits per heavy atom. The molecule has 0 aliphatic rings. The number of ether oxygens (including phenoxy) is 1. The first kappa shape index (κ1) is 12.9. The highest BCUT2D eigenvalue weighted by Crippen LogP contribution is 2.32. The van der Waals surface area contributed by atoms with E-state index in [0.717, 1.165) is 0 Å². The molecule has 0 saturated heterocycles. The van der Waals surface area contributed by atoms with Gasteiger partial charge in [0.05, 0.1) is 0 Å². The van der Waals surface area contributed by atoms with E-state index < -0.39 is 5.82 Å². The predicted octanol–water partition coefficient (Wildman–Crippen LogP) is 4.29. The van der Waals surface area contributed by atoms with Crippen molar-refractivity contribution in [3.63, 3.8) is 0 Å². The molecule has 2 N–H and O–H groups in total. The largest absolute Gasteiger partial charge is 0.454 e. The van der Waals surface area contributed by atoms with Gasteiger partial charge in [0.2, 0.25) is 0 Å². The molecule has 0 aromatic heterocycles. The molecular formula is C14H13ClFNO. The molecule has 2 aromatic rings. The molecule has 2 nitrogen and oxygen atoms in total. The van der Waals surface area contributed by atoms with E-state index in [0.29, 0.717) is 16.3 Å². The smallest absolute Gasteiger partial charge is 0.167 e. The second-order valence-electron chi connectivity index (χ2n) is 4.01. The molecule has 0 fully saturated rings. The Balaban J connectivity index is 2.39. The number of nitrogens with two attached hydrogens (primary N) is 1. The third kappa shape index (κ3) is 2.81. The molecule has 4 heteroatoms. The topological polar surface area (TPSA) is 35.2 Å². The molecule has 94 valence electrons. The summed E-state index contributed by atoms with van der Waals surface area (Å²) in [7, 11) is 0. The number of halogens is 2. The summed E-state index contributed by atoms with van der Waals surface area (Å²) >= 11 is 5.85. The first-order valence-corrected chi connectivity index (χ1v) is 5.93. The second kappa shape index (κ2) is 5.38. The minimum absolute atomic E-state index is 0.148. The summed E-state index contributed by atoms with van der Waals surface area (Å²) in [5.41, 5.74) is 6.41. The zero-order chi connectivity index (χ0) is 13.1. The highest BCUT2D eigenvalue weighted by molar-refractivity contribution is 6.30. The summed E-state index contributed by atoms with van der Waals surface area (Å²) in [5.74, 6) is 0.189. The average molecular weight is 266 g/mol. The van der Waals surface area contributed by atoms with Gasteiger partial charge in [-0.3, -0.25) is 0 Å². The molecule has 0 heterocycles. The second-order valence-corrected chi connectivity index (χ2v) is 4.44. The van der Waals surface area contributed by atoms with E-state index in [2.05, 4.69) is 0 Å². The van der Waals surface area contributed by atoms with Gasteiger partial charge in [-0.1, -0.05) is 29.8 Å². The average Bonchev–Trinajstić information content (AvgIpc) is 2.31. The zero-order valence-electron chi connectivity index (χ0n) is 9.86. The lowest BCUT2D eigenvalue weighted by Gasteiger charge is -2.14. The molecule has 1 atom stereocenters. The molecule has 2 rings (SSSR count). The Hall–Kier alpha value is -1.58. The number of hydrogen-bond acceptors (Lipinski definition) is 2. The Kier molecular flexibility index (Phi) is 3.84. The molecule has 0 unspecified atom stereocenters. The Labute approximate surface area is 110 Å². The molecule has 0 aliphatic heterocycles. The SMILES string of the molecule is C[C@@H](N)c1cccc(F)c1Oc1cccc(Cl)c1. The number of para-hydroxylation sites is 1. The minimum Gasteiger partial charge on any atom is -0.454 e. The fourth-order valence-electron chi connectivity index (χ4n) is 1.64. The summed E-state index contributed by atoms with van der Waals surface area (Å²) in [6, 6.07) is 11.2. The molecule has 18 heavy (non-hydrogen) atoms.